The van der Waals surface area contributed by atoms with Crippen LogP contribution in [0.4, 0.5) is 5.82 Å². The monoisotopic (exact) mass is 339 g/mol. The van der Waals surface area contributed by atoms with E-state index in [9.17, 15) is 14.9 Å². The second-order valence-electron chi connectivity index (χ2n) is 6.25. The van der Waals surface area contributed by atoms with E-state index in [0.717, 1.165) is 36.1 Å². The van der Waals surface area contributed by atoms with Gasteiger partial charge in [-0.3, -0.25) is 13.9 Å². The van der Waals surface area contributed by atoms with Crippen molar-refractivity contribution in [2.75, 3.05) is 18.4 Å². The largest absolute Gasteiger partial charge is 0.367 e. The van der Waals surface area contributed by atoms with E-state index in [1.165, 1.54) is 17.7 Å². The number of nitrogens with one attached hydrogen (secondary N) is 2. The van der Waals surface area contributed by atoms with Crippen LogP contribution in [0.2, 0.25) is 0 Å². The van der Waals surface area contributed by atoms with Gasteiger partial charge in [0.15, 0.2) is 0 Å². The molecule has 0 bridgehead atoms. The van der Waals surface area contributed by atoms with Gasteiger partial charge in [0.2, 0.25) is 0 Å². The minimum Gasteiger partial charge on any atom is -0.367 e. The molecule has 130 valence electrons. The molecule has 0 spiro atoms. The zero-order chi connectivity index (χ0) is 17.8. The molecule has 25 heavy (non-hydrogen) atoms. The Labute approximate surface area is 145 Å². The Morgan fingerprint density at radius 3 is 2.88 bits per heavy atom. The minimum atomic E-state index is -0.397. The van der Waals surface area contributed by atoms with Gasteiger partial charge in [0.1, 0.15) is 5.82 Å². The third-order valence-corrected chi connectivity index (χ3v) is 4.51. The van der Waals surface area contributed by atoms with Crippen LogP contribution in [0.15, 0.2) is 39.9 Å². The van der Waals surface area contributed by atoms with Crippen molar-refractivity contribution in [3.63, 3.8) is 0 Å². The van der Waals surface area contributed by atoms with E-state index in [4.69, 9.17) is 0 Å². The fourth-order valence-electron chi connectivity index (χ4n) is 3.06. The van der Waals surface area contributed by atoms with Gasteiger partial charge >= 0.3 is 5.69 Å². The molecule has 0 aliphatic carbocycles. The third kappa shape index (κ3) is 3.64. The summed E-state index contributed by atoms with van der Waals surface area (Å²) in [6.45, 7) is 2.01. The van der Waals surface area contributed by atoms with Gasteiger partial charge in [-0.05, 0) is 31.0 Å². The molecule has 0 amide bonds. The van der Waals surface area contributed by atoms with Crippen molar-refractivity contribution in [1.29, 1.82) is 5.26 Å². The summed E-state index contributed by atoms with van der Waals surface area (Å²) in [6, 6.07) is 10.9. The second kappa shape index (κ2) is 7.36. The molecular formula is C18H21N5O2. The van der Waals surface area contributed by atoms with E-state index < -0.39 is 5.69 Å². The number of aromatic nitrogens is 2. The zero-order valence-electron chi connectivity index (χ0n) is 14.2. The van der Waals surface area contributed by atoms with Crippen LogP contribution in [0, 0.1) is 11.3 Å². The van der Waals surface area contributed by atoms with Crippen LogP contribution >= 0.6 is 0 Å². The van der Waals surface area contributed by atoms with Crippen molar-refractivity contribution in [2.45, 2.75) is 25.4 Å². The van der Waals surface area contributed by atoms with Crippen molar-refractivity contribution in [3.8, 4) is 6.07 Å². The van der Waals surface area contributed by atoms with Crippen LogP contribution in [-0.2, 0) is 13.6 Å². The first-order valence-corrected chi connectivity index (χ1v) is 8.36. The lowest BCUT2D eigenvalue weighted by molar-refractivity contribution is 0.475. The summed E-state index contributed by atoms with van der Waals surface area (Å²) in [5, 5.41) is 15.9. The van der Waals surface area contributed by atoms with E-state index in [0.29, 0.717) is 11.4 Å². The van der Waals surface area contributed by atoms with E-state index in [1.807, 2.05) is 12.1 Å². The maximum Gasteiger partial charge on any atom is 0.332 e. The lowest BCUT2D eigenvalue weighted by Gasteiger charge is -2.26. The number of benzene rings is 1. The molecule has 0 radical (unpaired) electrons. The Morgan fingerprint density at radius 2 is 2.16 bits per heavy atom. The first-order valence-electron chi connectivity index (χ1n) is 8.36. The number of anilines is 1. The summed E-state index contributed by atoms with van der Waals surface area (Å²) in [5.74, 6) is 0.495. The van der Waals surface area contributed by atoms with Gasteiger partial charge in [-0.2, -0.15) is 5.26 Å². The highest BCUT2D eigenvalue weighted by atomic mass is 16.2. The molecule has 1 aliphatic rings. The minimum absolute atomic E-state index is 0.165. The van der Waals surface area contributed by atoms with Gasteiger partial charge < -0.3 is 10.6 Å². The third-order valence-electron chi connectivity index (χ3n) is 4.51. The molecule has 0 saturated carbocycles. The van der Waals surface area contributed by atoms with Crippen molar-refractivity contribution in [3.05, 3.63) is 62.3 Å². The predicted molar refractivity (Wildman–Crippen MR) is 95.7 cm³/mol. The molecule has 2 heterocycles. The maximum absolute atomic E-state index is 12.6. The average molecular weight is 339 g/mol. The van der Waals surface area contributed by atoms with Crippen molar-refractivity contribution < 1.29 is 0 Å². The number of hydrogen-bond donors (Lipinski definition) is 2. The molecule has 3 rings (SSSR count). The molecule has 0 unspecified atom stereocenters. The molecule has 1 saturated heterocycles. The second-order valence-corrected chi connectivity index (χ2v) is 6.25. The quantitative estimate of drug-likeness (QED) is 0.852. The van der Waals surface area contributed by atoms with Gasteiger partial charge in [-0.25, -0.2) is 4.79 Å². The molecular weight excluding hydrogens is 318 g/mol. The number of hydrogen-bond acceptors (Lipinski definition) is 5. The van der Waals surface area contributed by atoms with Crippen LogP contribution in [0.3, 0.4) is 0 Å². The average Bonchev–Trinajstić information content (AvgIpc) is 2.64. The Morgan fingerprint density at radius 1 is 1.36 bits per heavy atom. The first kappa shape index (κ1) is 17.0. The van der Waals surface area contributed by atoms with Crippen molar-refractivity contribution in [1.82, 2.24) is 14.5 Å². The van der Waals surface area contributed by atoms with Crippen molar-refractivity contribution in [2.24, 2.45) is 7.05 Å². The van der Waals surface area contributed by atoms with Gasteiger partial charge in [0, 0.05) is 25.7 Å². The van der Waals surface area contributed by atoms with E-state index in [-0.39, 0.29) is 18.1 Å². The SMILES string of the molecule is Cn1c(=O)cc(N[C@@H]2CCCNC2)n(Cc2ccccc2C#N)c1=O. The molecule has 2 aromatic rings. The van der Waals surface area contributed by atoms with Crippen molar-refractivity contribution >= 4 is 5.82 Å². The van der Waals surface area contributed by atoms with E-state index in [1.54, 1.807) is 12.1 Å². The normalized spacial score (nSPS) is 17.0. The molecule has 1 aromatic heterocycles. The molecule has 2 N–H and O–H groups in total. The number of rotatable bonds is 4. The van der Waals surface area contributed by atoms with Gasteiger partial charge in [-0.1, -0.05) is 18.2 Å². The predicted octanol–water partition coefficient (Wildman–Crippen LogP) is 0.631. The topological polar surface area (TPSA) is 91.8 Å². The molecule has 1 aromatic carbocycles. The van der Waals surface area contributed by atoms with Crippen LogP contribution in [-0.4, -0.2) is 28.3 Å². The molecule has 1 fully saturated rings. The number of piperidine rings is 1. The van der Waals surface area contributed by atoms with Gasteiger partial charge in [0.25, 0.3) is 5.56 Å². The number of nitriles is 1. The van der Waals surface area contributed by atoms with Crippen LogP contribution in [0.1, 0.15) is 24.0 Å². The Kier molecular flexibility index (Phi) is 5.00. The highest BCUT2D eigenvalue weighted by Gasteiger charge is 2.17. The summed E-state index contributed by atoms with van der Waals surface area (Å²) in [7, 11) is 1.46. The fourth-order valence-corrected chi connectivity index (χ4v) is 3.06. The van der Waals surface area contributed by atoms with Crippen LogP contribution < -0.4 is 21.9 Å². The smallest absolute Gasteiger partial charge is 0.332 e. The first-order chi connectivity index (χ1) is 12.1. The Balaban J connectivity index is 2.01. The number of nitrogens with zero attached hydrogens (tertiary/aromatic N) is 3. The summed E-state index contributed by atoms with van der Waals surface area (Å²) in [6.07, 6.45) is 2.02. The van der Waals surface area contributed by atoms with E-state index >= 15 is 0 Å². The summed E-state index contributed by atoms with van der Waals surface area (Å²) >= 11 is 0. The van der Waals surface area contributed by atoms with Crippen LogP contribution in [0.5, 0.6) is 0 Å². The van der Waals surface area contributed by atoms with Crippen LogP contribution in [0.25, 0.3) is 0 Å². The Bertz CT molecular complexity index is 916. The van der Waals surface area contributed by atoms with Gasteiger partial charge in [-0.15, -0.1) is 0 Å². The zero-order valence-corrected chi connectivity index (χ0v) is 14.2. The lowest BCUT2D eigenvalue weighted by atomic mass is 10.1. The molecule has 1 atom stereocenters. The fraction of sp³-hybridized carbons (Fsp3) is 0.389. The highest BCUT2D eigenvalue weighted by Crippen LogP contribution is 2.14. The lowest BCUT2D eigenvalue weighted by Crippen LogP contribution is -2.43. The maximum atomic E-state index is 12.6. The Hall–Kier alpha value is -2.85. The molecule has 1 aliphatic heterocycles. The molecule has 7 nitrogen and oxygen atoms in total. The summed E-state index contributed by atoms with van der Waals surface area (Å²) in [4.78, 5) is 24.7. The summed E-state index contributed by atoms with van der Waals surface area (Å²) in [5.41, 5.74) is 0.525. The van der Waals surface area contributed by atoms with E-state index in [2.05, 4.69) is 16.7 Å². The highest BCUT2D eigenvalue weighted by molar-refractivity contribution is 5.41. The van der Waals surface area contributed by atoms with Gasteiger partial charge in [0.05, 0.1) is 18.2 Å². The molecule has 7 heteroatoms. The summed E-state index contributed by atoms with van der Waals surface area (Å²) < 4.78 is 2.60. The standard InChI is InChI=1S/C18H21N5O2/c1-22-17(24)9-16(21-15-7-4-8-20-11-15)23(18(22)25)12-14-6-3-2-5-13(14)10-19/h2-3,5-6,9,15,20-21H,4,7-8,11-12H2,1H3/t15-/m1/s1.